The van der Waals surface area contributed by atoms with Crippen molar-refractivity contribution in [3.8, 4) is 5.75 Å². The molecule has 21 heavy (non-hydrogen) atoms. The van der Waals surface area contributed by atoms with Gasteiger partial charge in [-0.1, -0.05) is 6.07 Å². The highest BCUT2D eigenvalue weighted by atomic mass is 32.2. The molecule has 0 saturated carbocycles. The lowest BCUT2D eigenvalue weighted by atomic mass is 10.1. The molecule has 1 aliphatic rings. The second-order valence-corrected chi connectivity index (χ2v) is 6.44. The fourth-order valence-corrected chi connectivity index (χ4v) is 3.38. The molecule has 0 spiro atoms. The first-order chi connectivity index (χ1) is 9.95. The maximum Gasteiger partial charge on any atom is 0.339 e. The standard InChI is InChI=1S/C15H12F2O3S/c16-14-7-5-12(9-15(14)17)20-21(18,19)13-6-4-10-2-1-3-11(10)8-13/h4-9H,1-3H2. The van der Waals surface area contributed by atoms with E-state index in [0.29, 0.717) is 6.07 Å². The highest BCUT2D eigenvalue weighted by molar-refractivity contribution is 7.87. The van der Waals surface area contributed by atoms with Gasteiger partial charge in [-0.3, -0.25) is 0 Å². The van der Waals surface area contributed by atoms with Crippen LogP contribution in [0.5, 0.6) is 5.75 Å². The quantitative estimate of drug-likeness (QED) is 0.818. The Bertz CT molecular complexity index is 801. The van der Waals surface area contributed by atoms with Gasteiger partial charge < -0.3 is 4.18 Å². The first-order valence-electron chi connectivity index (χ1n) is 6.47. The van der Waals surface area contributed by atoms with E-state index in [2.05, 4.69) is 0 Å². The lowest BCUT2D eigenvalue weighted by Crippen LogP contribution is -2.10. The fourth-order valence-electron chi connectivity index (χ4n) is 2.41. The van der Waals surface area contributed by atoms with Crippen LogP contribution in [0.25, 0.3) is 0 Å². The lowest BCUT2D eigenvalue weighted by molar-refractivity contribution is 0.472. The van der Waals surface area contributed by atoms with Gasteiger partial charge in [-0.2, -0.15) is 8.42 Å². The molecule has 110 valence electrons. The zero-order chi connectivity index (χ0) is 15.0. The van der Waals surface area contributed by atoms with Crippen LogP contribution in [0.2, 0.25) is 0 Å². The highest BCUT2D eigenvalue weighted by Gasteiger charge is 2.20. The molecule has 0 bridgehead atoms. The van der Waals surface area contributed by atoms with Gasteiger partial charge in [-0.15, -0.1) is 0 Å². The van der Waals surface area contributed by atoms with E-state index < -0.39 is 21.8 Å². The van der Waals surface area contributed by atoms with Crippen molar-refractivity contribution >= 4 is 10.1 Å². The van der Waals surface area contributed by atoms with Crippen LogP contribution in [0.1, 0.15) is 17.5 Å². The van der Waals surface area contributed by atoms with Gasteiger partial charge in [-0.05, 0) is 54.7 Å². The largest absolute Gasteiger partial charge is 0.379 e. The molecule has 0 atom stereocenters. The molecule has 0 aliphatic heterocycles. The van der Waals surface area contributed by atoms with Gasteiger partial charge in [0.25, 0.3) is 0 Å². The number of halogens is 2. The Hall–Kier alpha value is -1.95. The van der Waals surface area contributed by atoms with Crippen LogP contribution in [0.4, 0.5) is 8.78 Å². The molecule has 0 aromatic heterocycles. The first-order valence-corrected chi connectivity index (χ1v) is 7.88. The Balaban J connectivity index is 1.91. The highest BCUT2D eigenvalue weighted by Crippen LogP contribution is 2.26. The van der Waals surface area contributed by atoms with E-state index in [1.165, 1.54) is 6.07 Å². The van der Waals surface area contributed by atoms with E-state index in [1.54, 1.807) is 12.1 Å². The number of benzene rings is 2. The van der Waals surface area contributed by atoms with E-state index in [0.717, 1.165) is 42.5 Å². The van der Waals surface area contributed by atoms with Gasteiger partial charge in [0, 0.05) is 6.07 Å². The summed E-state index contributed by atoms with van der Waals surface area (Å²) in [5.74, 6) is -2.47. The van der Waals surface area contributed by atoms with Gasteiger partial charge >= 0.3 is 10.1 Å². The zero-order valence-electron chi connectivity index (χ0n) is 11.0. The number of aryl methyl sites for hydroxylation is 2. The van der Waals surface area contributed by atoms with Crippen LogP contribution in [-0.2, 0) is 23.0 Å². The molecule has 0 unspecified atom stereocenters. The zero-order valence-corrected chi connectivity index (χ0v) is 11.8. The van der Waals surface area contributed by atoms with Crippen molar-refractivity contribution < 1.29 is 21.4 Å². The summed E-state index contributed by atoms with van der Waals surface area (Å²) in [5.41, 5.74) is 2.13. The SMILES string of the molecule is O=S(=O)(Oc1ccc(F)c(F)c1)c1ccc2c(c1)CCC2. The maximum atomic E-state index is 13.1. The third kappa shape index (κ3) is 2.76. The minimum Gasteiger partial charge on any atom is -0.379 e. The smallest absolute Gasteiger partial charge is 0.339 e. The predicted molar refractivity (Wildman–Crippen MR) is 72.6 cm³/mol. The van der Waals surface area contributed by atoms with Gasteiger partial charge in [0.2, 0.25) is 0 Å². The summed E-state index contributed by atoms with van der Waals surface area (Å²) < 4.78 is 55.1. The number of rotatable bonds is 3. The summed E-state index contributed by atoms with van der Waals surface area (Å²) in [6.45, 7) is 0. The van der Waals surface area contributed by atoms with Crippen LogP contribution < -0.4 is 4.18 Å². The Morgan fingerprint density at radius 3 is 2.43 bits per heavy atom. The molecule has 0 fully saturated rings. The summed E-state index contributed by atoms with van der Waals surface area (Å²) in [6.07, 6.45) is 2.78. The average Bonchev–Trinajstić information content (AvgIpc) is 2.90. The molecule has 2 aromatic carbocycles. The molecule has 1 aliphatic carbocycles. The summed E-state index contributed by atoms with van der Waals surface area (Å²) in [7, 11) is -4.05. The minimum atomic E-state index is -4.05. The molecule has 3 rings (SSSR count). The van der Waals surface area contributed by atoms with Crippen LogP contribution in [0.15, 0.2) is 41.3 Å². The monoisotopic (exact) mass is 310 g/mol. The van der Waals surface area contributed by atoms with Crippen LogP contribution in [0, 0.1) is 11.6 Å². The normalized spacial score (nSPS) is 14.0. The van der Waals surface area contributed by atoms with Crippen molar-refractivity contribution in [2.24, 2.45) is 0 Å². The topological polar surface area (TPSA) is 43.4 Å². The van der Waals surface area contributed by atoms with Gasteiger partial charge in [0.1, 0.15) is 10.6 Å². The van der Waals surface area contributed by atoms with E-state index in [9.17, 15) is 17.2 Å². The van der Waals surface area contributed by atoms with Crippen molar-refractivity contribution in [1.29, 1.82) is 0 Å². The number of hydrogen-bond acceptors (Lipinski definition) is 3. The van der Waals surface area contributed by atoms with Gasteiger partial charge in [-0.25, -0.2) is 8.78 Å². The van der Waals surface area contributed by atoms with Crippen molar-refractivity contribution in [2.45, 2.75) is 24.2 Å². The molecule has 3 nitrogen and oxygen atoms in total. The lowest BCUT2D eigenvalue weighted by Gasteiger charge is -2.08. The average molecular weight is 310 g/mol. The Morgan fingerprint density at radius 1 is 0.905 bits per heavy atom. The number of hydrogen-bond donors (Lipinski definition) is 0. The molecular weight excluding hydrogens is 298 g/mol. The summed E-state index contributed by atoms with van der Waals surface area (Å²) in [5, 5.41) is 0. The van der Waals surface area contributed by atoms with Crippen molar-refractivity contribution in [3.05, 3.63) is 59.2 Å². The molecule has 0 saturated heterocycles. The maximum absolute atomic E-state index is 13.1. The third-order valence-corrected chi connectivity index (χ3v) is 4.70. The molecule has 0 amide bonds. The summed E-state index contributed by atoms with van der Waals surface area (Å²) in [4.78, 5) is 0.0212. The Morgan fingerprint density at radius 2 is 1.67 bits per heavy atom. The summed E-state index contributed by atoms with van der Waals surface area (Å²) >= 11 is 0. The first kappa shape index (κ1) is 14.0. The fraction of sp³-hybridized carbons (Fsp3) is 0.200. The van der Waals surface area contributed by atoms with Crippen molar-refractivity contribution in [3.63, 3.8) is 0 Å². The molecule has 6 heteroatoms. The van der Waals surface area contributed by atoms with Crippen LogP contribution in [0.3, 0.4) is 0 Å². The van der Waals surface area contributed by atoms with Crippen molar-refractivity contribution in [1.82, 2.24) is 0 Å². The second kappa shape index (κ2) is 5.11. The second-order valence-electron chi connectivity index (χ2n) is 4.90. The molecule has 2 aromatic rings. The molecule has 0 N–H and O–H groups in total. The summed E-state index contributed by atoms with van der Waals surface area (Å²) in [6, 6.07) is 7.42. The minimum absolute atomic E-state index is 0.0212. The molecule has 0 heterocycles. The number of fused-ring (bicyclic) bond motifs is 1. The van der Waals surface area contributed by atoms with Crippen LogP contribution in [-0.4, -0.2) is 8.42 Å². The predicted octanol–water partition coefficient (Wildman–Crippen LogP) is 3.22. The Labute approximate surface area is 121 Å². The van der Waals surface area contributed by atoms with Gasteiger partial charge in [0.15, 0.2) is 11.6 Å². The Kier molecular flexibility index (Phi) is 3.41. The van der Waals surface area contributed by atoms with E-state index in [-0.39, 0.29) is 10.6 Å². The van der Waals surface area contributed by atoms with E-state index in [4.69, 9.17) is 4.18 Å². The van der Waals surface area contributed by atoms with Gasteiger partial charge in [0.05, 0.1) is 0 Å². The van der Waals surface area contributed by atoms with Crippen molar-refractivity contribution in [2.75, 3.05) is 0 Å². The van der Waals surface area contributed by atoms with Crippen LogP contribution >= 0.6 is 0 Å². The third-order valence-electron chi connectivity index (χ3n) is 3.46. The molecular formula is C15H12F2O3S. The van der Waals surface area contributed by atoms with E-state index in [1.807, 2.05) is 0 Å². The molecule has 0 radical (unpaired) electrons. The van der Waals surface area contributed by atoms with E-state index >= 15 is 0 Å².